The highest BCUT2D eigenvalue weighted by atomic mass is 16.3. The van der Waals surface area contributed by atoms with Crippen LogP contribution in [0.3, 0.4) is 0 Å². The highest BCUT2D eigenvalue weighted by molar-refractivity contribution is 4.87. The molecule has 3 heteroatoms. The van der Waals surface area contributed by atoms with Gasteiger partial charge in [0.15, 0.2) is 0 Å². The van der Waals surface area contributed by atoms with Crippen LogP contribution in [0, 0.1) is 12.3 Å². The van der Waals surface area contributed by atoms with Crippen molar-refractivity contribution in [2.45, 2.75) is 6.42 Å². The lowest BCUT2D eigenvalue weighted by atomic mass is 10.4. The Morgan fingerprint density at radius 2 is 2.18 bits per heavy atom. The molecule has 1 N–H and O–H groups in total. The first-order chi connectivity index (χ1) is 5.35. The summed E-state index contributed by atoms with van der Waals surface area (Å²) in [5, 5.41) is 18.7. The fourth-order valence-electron chi connectivity index (χ4n) is 0.829. The molecule has 11 heavy (non-hydrogen) atoms. The van der Waals surface area contributed by atoms with Crippen molar-refractivity contribution in [3.63, 3.8) is 0 Å². The average Bonchev–Trinajstić information content (AvgIpc) is 2.01. The Hall–Kier alpha value is -0.560. The lowest BCUT2D eigenvalue weighted by molar-refractivity contribution is 0.158. The lowest BCUT2D eigenvalue weighted by Gasteiger charge is -2.16. The van der Waals surface area contributed by atoms with Crippen LogP contribution >= 0.6 is 0 Å². The molecule has 3 nitrogen and oxygen atoms in total. The van der Waals surface area contributed by atoms with Gasteiger partial charge in [-0.15, -0.1) is 6.42 Å². The number of aliphatic hydroxyl groups excluding tert-OH is 1. The van der Waals surface area contributed by atoms with Gasteiger partial charge < -0.3 is 5.11 Å². The summed E-state index contributed by atoms with van der Waals surface area (Å²) in [6.45, 7) is 1.78. The SMILES string of the molecule is C#CCN(CCO)CCC[O]. The number of hydrogen-bond acceptors (Lipinski definition) is 2. The van der Waals surface area contributed by atoms with Crippen LogP contribution in [0.1, 0.15) is 6.42 Å². The smallest absolute Gasteiger partial charge is 0.0834 e. The van der Waals surface area contributed by atoms with Crippen LogP contribution in [0.2, 0.25) is 0 Å². The van der Waals surface area contributed by atoms with E-state index in [4.69, 9.17) is 11.5 Å². The fraction of sp³-hybridized carbons (Fsp3) is 0.750. The fourth-order valence-corrected chi connectivity index (χ4v) is 0.829. The molecule has 0 bridgehead atoms. The Bertz CT molecular complexity index is 120. The van der Waals surface area contributed by atoms with Gasteiger partial charge >= 0.3 is 0 Å². The molecular weight excluding hydrogens is 142 g/mol. The van der Waals surface area contributed by atoms with Crippen molar-refractivity contribution in [3.8, 4) is 12.3 Å². The number of rotatable bonds is 6. The van der Waals surface area contributed by atoms with Crippen LogP contribution in [-0.2, 0) is 5.11 Å². The second-order valence-corrected chi connectivity index (χ2v) is 2.26. The van der Waals surface area contributed by atoms with E-state index in [0.29, 0.717) is 26.1 Å². The number of nitrogens with zero attached hydrogens (tertiary/aromatic N) is 1. The summed E-state index contributed by atoms with van der Waals surface area (Å²) in [7, 11) is 0. The molecule has 0 atom stereocenters. The van der Waals surface area contributed by atoms with Crippen LogP contribution in [0.25, 0.3) is 0 Å². The minimum atomic E-state index is -0.0769. The van der Waals surface area contributed by atoms with Gasteiger partial charge in [0, 0.05) is 13.1 Å². The van der Waals surface area contributed by atoms with Gasteiger partial charge in [-0.2, -0.15) is 0 Å². The monoisotopic (exact) mass is 156 g/mol. The summed E-state index contributed by atoms with van der Waals surface area (Å²) in [4.78, 5) is 1.89. The van der Waals surface area contributed by atoms with Gasteiger partial charge in [-0.1, -0.05) is 5.92 Å². The van der Waals surface area contributed by atoms with Crippen LogP contribution in [0.15, 0.2) is 0 Å². The quantitative estimate of drug-likeness (QED) is 0.538. The second kappa shape index (κ2) is 7.55. The van der Waals surface area contributed by atoms with Gasteiger partial charge in [-0.25, -0.2) is 5.11 Å². The van der Waals surface area contributed by atoms with Crippen LogP contribution < -0.4 is 0 Å². The largest absolute Gasteiger partial charge is 0.395 e. The summed E-state index contributed by atoms with van der Waals surface area (Å²) < 4.78 is 0. The molecule has 0 spiro atoms. The van der Waals surface area contributed by atoms with E-state index in [1.807, 2.05) is 4.90 Å². The number of terminal acetylenes is 1. The molecule has 0 amide bonds. The third kappa shape index (κ3) is 5.86. The standard InChI is InChI=1S/C8H14NO2/c1-2-4-9(6-8-11)5-3-7-10/h1,11H,3-8H2. The minimum absolute atomic E-state index is 0.0769. The molecule has 63 valence electrons. The first-order valence-corrected chi connectivity index (χ1v) is 3.70. The van der Waals surface area contributed by atoms with Crippen molar-refractivity contribution in [1.82, 2.24) is 4.90 Å². The normalized spacial score (nSPS) is 10.0. The molecule has 0 aliphatic heterocycles. The van der Waals surface area contributed by atoms with E-state index in [2.05, 4.69) is 5.92 Å². The molecule has 0 rings (SSSR count). The molecule has 0 saturated carbocycles. The van der Waals surface area contributed by atoms with Gasteiger partial charge in [0.05, 0.1) is 19.8 Å². The maximum Gasteiger partial charge on any atom is 0.0834 e. The third-order valence-corrected chi connectivity index (χ3v) is 1.35. The molecule has 0 heterocycles. The highest BCUT2D eigenvalue weighted by Crippen LogP contribution is 1.89. The molecule has 0 unspecified atom stereocenters. The Morgan fingerprint density at radius 3 is 2.64 bits per heavy atom. The summed E-state index contributed by atoms with van der Waals surface area (Å²) >= 11 is 0. The summed E-state index contributed by atoms with van der Waals surface area (Å²) in [6, 6.07) is 0. The predicted octanol–water partition coefficient (Wildman–Crippen LogP) is -0.266. The topological polar surface area (TPSA) is 43.4 Å². The highest BCUT2D eigenvalue weighted by Gasteiger charge is 2.00. The van der Waals surface area contributed by atoms with Gasteiger partial charge in [0.25, 0.3) is 0 Å². The van der Waals surface area contributed by atoms with Crippen molar-refractivity contribution in [2.75, 3.05) is 32.8 Å². The first kappa shape index (κ1) is 10.4. The van der Waals surface area contributed by atoms with Crippen molar-refractivity contribution in [2.24, 2.45) is 0 Å². The maximum absolute atomic E-state index is 10.1. The summed E-state index contributed by atoms with van der Waals surface area (Å²) in [5.74, 6) is 2.47. The maximum atomic E-state index is 10.1. The first-order valence-electron chi connectivity index (χ1n) is 3.70. The van der Waals surface area contributed by atoms with E-state index in [9.17, 15) is 5.11 Å². The Balaban J connectivity index is 3.44. The van der Waals surface area contributed by atoms with Gasteiger partial charge in [0.1, 0.15) is 0 Å². The van der Waals surface area contributed by atoms with Crippen molar-refractivity contribution in [3.05, 3.63) is 0 Å². The van der Waals surface area contributed by atoms with Crippen molar-refractivity contribution in [1.29, 1.82) is 0 Å². The number of hydrogen-bond donors (Lipinski definition) is 1. The summed E-state index contributed by atoms with van der Waals surface area (Å²) in [6.07, 6.45) is 5.68. The zero-order valence-electron chi connectivity index (χ0n) is 6.62. The third-order valence-electron chi connectivity index (χ3n) is 1.35. The van der Waals surface area contributed by atoms with E-state index in [0.717, 1.165) is 0 Å². The molecule has 0 aromatic carbocycles. The molecule has 0 aliphatic rings. The molecule has 0 aromatic heterocycles. The van der Waals surface area contributed by atoms with E-state index in [1.165, 1.54) is 0 Å². The van der Waals surface area contributed by atoms with Crippen LogP contribution in [0.4, 0.5) is 0 Å². The second-order valence-electron chi connectivity index (χ2n) is 2.26. The Labute approximate surface area is 67.6 Å². The van der Waals surface area contributed by atoms with Crippen molar-refractivity contribution < 1.29 is 10.2 Å². The Kier molecular flexibility index (Phi) is 7.16. The van der Waals surface area contributed by atoms with E-state index < -0.39 is 0 Å². The average molecular weight is 156 g/mol. The van der Waals surface area contributed by atoms with Gasteiger partial charge in [0.2, 0.25) is 0 Å². The zero-order chi connectivity index (χ0) is 8.53. The van der Waals surface area contributed by atoms with Crippen LogP contribution in [-0.4, -0.2) is 42.9 Å². The lowest BCUT2D eigenvalue weighted by Crippen LogP contribution is -2.28. The molecule has 1 radical (unpaired) electrons. The van der Waals surface area contributed by atoms with E-state index in [-0.39, 0.29) is 13.2 Å². The minimum Gasteiger partial charge on any atom is -0.395 e. The summed E-state index contributed by atoms with van der Waals surface area (Å²) in [5.41, 5.74) is 0. The van der Waals surface area contributed by atoms with E-state index >= 15 is 0 Å². The molecule has 0 fully saturated rings. The van der Waals surface area contributed by atoms with Gasteiger partial charge in [-0.3, -0.25) is 4.90 Å². The molecule has 0 aliphatic carbocycles. The van der Waals surface area contributed by atoms with Crippen LogP contribution in [0.5, 0.6) is 0 Å². The number of aliphatic hydroxyl groups is 1. The molecular formula is C8H14NO2. The molecule has 0 saturated heterocycles. The zero-order valence-corrected chi connectivity index (χ0v) is 6.62. The van der Waals surface area contributed by atoms with E-state index in [1.54, 1.807) is 0 Å². The Morgan fingerprint density at radius 1 is 1.45 bits per heavy atom. The van der Waals surface area contributed by atoms with Gasteiger partial charge in [-0.05, 0) is 6.42 Å². The molecule has 0 aromatic rings. The van der Waals surface area contributed by atoms with Crippen molar-refractivity contribution >= 4 is 0 Å². The predicted molar refractivity (Wildman–Crippen MR) is 42.5 cm³/mol.